The van der Waals surface area contributed by atoms with Crippen molar-refractivity contribution in [2.45, 2.75) is 6.17 Å². The van der Waals surface area contributed by atoms with Crippen LogP contribution >= 0.6 is 0 Å². The molecule has 1 atom stereocenters. The highest BCUT2D eigenvalue weighted by atomic mass is 16.5. The van der Waals surface area contributed by atoms with Gasteiger partial charge < -0.3 is 10.5 Å². The number of nitriles is 1. The van der Waals surface area contributed by atoms with E-state index in [9.17, 15) is 0 Å². The van der Waals surface area contributed by atoms with E-state index in [1.807, 2.05) is 6.07 Å². The normalized spacial score (nSPS) is 23.1. The van der Waals surface area contributed by atoms with Gasteiger partial charge in [0.2, 0.25) is 5.88 Å². The van der Waals surface area contributed by atoms with Crippen molar-refractivity contribution >= 4 is 0 Å². The Morgan fingerprint density at radius 3 is 2.90 bits per heavy atom. The zero-order valence-electron chi connectivity index (χ0n) is 5.40. The van der Waals surface area contributed by atoms with Crippen molar-refractivity contribution in [1.29, 1.82) is 5.26 Å². The third-order valence-corrected chi connectivity index (χ3v) is 1.11. The number of azo groups is 1. The fraction of sp³-hybridized carbons (Fsp3) is 0.400. The standard InChI is InChI=1S/C5H6N4O/c1-10-5-3(2-6)4(7)8-9-5/h4H,7H2,1H3/t4-/m1/s1. The number of nitrogens with zero attached hydrogens (tertiary/aromatic N) is 3. The van der Waals surface area contributed by atoms with Crippen LogP contribution in [0, 0.1) is 11.3 Å². The van der Waals surface area contributed by atoms with Crippen molar-refractivity contribution in [3.8, 4) is 6.07 Å². The summed E-state index contributed by atoms with van der Waals surface area (Å²) in [5.74, 6) is 0.218. The van der Waals surface area contributed by atoms with Crippen LogP contribution < -0.4 is 5.73 Å². The molecule has 0 saturated heterocycles. The molecule has 52 valence electrons. The summed E-state index contributed by atoms with van der Waals surface area (Å²) in [5, 5.41) is 15.5. The van der Waals surface area contributed by atoms with Gasteiger partial charge in [-0.2, -0.15) is 10.4 Å². The number of methoxy groups -OCH3 is 1. The zero-order chi connectivity index (χ0) is 7.56. The van der Waals surface area contributed by atoms with E-state index in [0.717, 1.165) is 0 Å². The highest BCUT2D eigenvalue weighted by Crippen LogP contribution is 2.17. The maximum absolute atomic E-state index is 8.45. The summed E-state index contributed by atoms with van der Waals surface area (Å²) < 4.78 is 4.70. The van der Waals surface area contributed by atoms with E-state index < -0.39 is 6.17 Å². The van der Waals surface area contributed by atoms with E-state index in [1.54, 1.807) is 0 Å². The molecule has 0 bridgehead atoms. The first-order chi connectivity index (χ1) is 4.79. The minimum Gasteiger partial charge on any atom is -0.479 e. The summed E-state index contributed by atoms with van der Waals surface area (Å²) in [6, 6.07) is 1.86. The molecule has 10 heavy (non-hydrogen) atoms. The molecule has 1 heterocycles. The molecule has 5 nitrogen and oxygen atoms in total. The van der Waals surface area contributed by atoms with E-state index >= 15 is 0 Å². The molecule has 0 saturated carbocycles. The molecular weight excluding hydrogens is 132 g/mol. The molecule has 0 radical (unpaired) electrons. The first kappa shape index (κ1) is 6.71. The Morgan fingerprint density at radius 2 is 2.50 bits per heavy atom. The van der Waals surface area contributed by atoms with E-state index in [1.165, 1.54) is 7.11 Å². The van der Waals surface area contributed by atoms with Crippen LogP contribution in [0.3, 0.4) is 0 Å². The van der Waals surface area contributed by atoms with Gasteiger partial charge >= 0.3 is 0 Å². The van der Waals surface area contributed by atoms with E-state index in [4.69, 9.17) is 15.7 Å². The molecule has 0 aromatic heterocycles. The lowest BCUT2D eigenvalue weighted by atomic mass is 10.3. The largest absolute Gasteiger partial charge is 0.479 e. The van der Waals surface area contributed by atoms with Crippen LogP contribution in [0.15, 0.2) is 21.7 Å². The van der Waals surface area contributed by atoms with Crippen LogP contribution in [0.1, 0.15) is 0 Å². The van der Waals surface area contributed by atoms with Crippen LogP contribution in [0.5, 0.6) is 0 Å². The van der Waals surface area contributed by atoms with E-state index in [2.05, 4.69) is 10.2 Å². The molecule has 5 heteroatoms. The molecule has 0 unspecified atom stereocenters. The van der Waals surface area contributed by atoms with Crippen LogP contribution in [0.4, 0.5) is 0 Å². The molecule has 0 fully saturated rings. The van der Waals surface area contributed by atoms with Gasteiger partial charge in [0, 0.05) is 0 Å². The predicted octanol–water partition coefficient (Wildman–Crippen LogP) is 0.119. The molecule has 1 aliphatic heterocycles. The van der Waals surface area contributed by atoms with Crippen LogP contribution in [0.2, 0.25) is 0 Å². The molecule has 1 rings (SSSR count). The Kier molecular flexibility index (Phi) is 1.65. The summed E-state index contributed by atoms with van der Waals surface area (Å²) in [6.07, 6.45) is -0.639. The molecule has 0 spiro atoms. The first-order valence-corrected chi connectivity index (χ1v) is 2.64. The summed E-state index contributed by atoms with van der Waals surface area (Å²) >= 11 is 0. The molecular formula is C5H6N4O. The van der Waals surface area contributed by atoms with Gasteiger partial charge in [-0.15, -0.1) is 5.11 Å². The molecule has 2 N–H and O–H groups in total. The van der Waals surface area contributed by atoms with Crippen LogP contribution in [0.25, 0.3) is 0 Å². The highest BCUT2D eigenvalue weighted by molar-refractivity contribution is 5.30. The second-order valence-corrected chi connectivity index (χ2v) is 1.70. The van der Waals surface area contributed by atoms with E-state index in [-0.39, 0.29) is 11.5 Å². The monoisotopic (exact) mass is 138 g/mol. The summed E-state index contributed by atoms with van der Waals surface area (Å²) in [6.45, 7) is 0. The SMILES string of the molecule is COC1=C(C#N)[C@H](N)N=N1. The number of nitrogens with two attached hydrogens (primary N) is 1. The Balaban J connectivity index is 2.93. The lowest BCUT2D eigenvalue weighted by Gasteiger charge is -1.95. The Labute approximate surface area is 57.8 Å². The summed E-state index contributed by atoms with van der Waals surface area (Å²) in [4.78, 5) is 0. The lowest BCUT2D eigenvalue weighted by molar-refractivity contribution is 0.285. The quantitative estimate of drug-likeness (QED) is 0.558. The van der Waals surface area contributed by atoms with Crippen molar-refractivity contribution < 1.29 is 4.74 Å². The second-order valence-electron chi connectivity index (χ2n) is 1.70. The van der Waals surface area contributed by atoms with Gasteiger partial charge in [0.25, 0.3) is 0 Å². The van der Waals surface area contributed by atoms with Gasteiger partial charge in [0.1, 0.15) is 11.6 Å². The number of ether oxygens (including phenoxy) is 1. The number of hydrogen-bond donors (Lipinski definition) is 1. The van der Waals surface area contributed by atoms with Gasteiger partial charge in [0.15, 0.2) is 6.17 Å². The Bertz CT molecular complexity index is 237. The summed E-state index contributed by atoms with van der Waals surface area (Å²) in [7, 11) is 1.42. The van der Waals surface area contributed by atoms with Crippen molar-refractivity contribution in [3.05, 3.63) is 11.5 Å². The number of hydrogen-bond acceptors (Lipinski definition) is 5. The smallest absolute Gasteiger partial charge is 0.250 e. The average molecular weight is 138 g/mol. The third kappa shape index (κ3) is 0.847. The van der Waals surface area contributed by atoms with Crippen LogP contribution in [-0.4, -0.2) is 13.3 Å². The minimum absolute atomic E-state index is 0.218. The minimum atomic E-state index is -0.639. The van der Waals surface area contributed by atoms with Crippen molar-refractivity contribution in [2.75, 3.05) is 7.11 Å². The van der Waals surface area contributed by atoms with Gasteiger partial charge in [-0.1, -0.05) is 0 Å². The predicted molar refractivity (Wildman–Crippen MR) is 32.5 cm³/mol. The average Bonchev–Trinajstić information content (AvgIpc) is 2.30. The van der Waals surface area contributed by atoms with Gasteiger partial charge in [0.05, 0.1) is 7.11 Å². The van der Waals surface area contributed by atoms with Crippen molar-refractivity contribution in [3.63, 3.8) is 0 Å². The van der Waals surface area contributed by atoms with E-state index in [0.29, 0.717) is 0 Å². The van der Waals surface area contributed by atoms with Crippen LogP contribution in [-0.2, 0) is 4.74 Å². The van der Waals surface area contributed by atoms with Gasteiger partial charge in [-0.25, -0.2) is 0 Å². The summed E-state index contributed by atoms with van der Waals surface area (Å²) in [5.41, 5.74) is 5.61. The molecule has 1 aliphatic rings. The van der Waals surface area contributed by atoms with Gasteiger partial charge in [-0.05, 0) is 0 Å². The molecule has 0 amide bonds. The Hall–Kier alpha value is -1.41. The molecule has 0 aliphatic carbocycles. The lowest BCUT2D eigenvalue weighted by Crippen LogP contribution is -2.16. The zero-order valence-corrected chi connectivity index (χ0v) is 5.40. The van der Waals surface area contributed by atoms with Crippen molar-refractivity contribution in [1.82, 2.24) is 0 Å². The maximum Gasteiger partial charge on any atom is 0.250 e. The fourth-order valence-electron chi connectivity index (χ4n) is 0.617. The number of rotatable bonds is 1. The third-order valence-electron chi connectivity index (χ3n) is 1.11. The first-order valence-electron chi connectivity index (χ1n) is 2.64. The van der Waals surface area contributed by atoms with Gasteiger partial charge in [-0.3, -0.25) is 0 Å². The second kappa shape index (κ2) is 2.45. The topological polar surface area (TPSA) is 83.8 Å². The highest BCUT2D eigenvalue weighted by Gasteiger charge is 2.20. The molecule has 0 aromatic carbocycles. The maximum atomic E-state index is 8.45. The Morgan fingerprint density at radius 1 is 1.80 bits per heavy atom. The van der Waals surface area contributed by atoms with Crippen molar-refractivity contribution in [2.24, 2.45) is 16.0 Å². The molecule has 0 aromatic rings. The fourth-order valence-corrected chi connectivity index (χ4v) is 0.617.